The summed E-state index contributed by atoms with van der Waals surface area (Å²) in [4.78, 5) is 16.5. The monoisotopic (exact) mass is 551 g/mol. The maximum atomic E-state index is 12.8. The summed E-state index contributed by atoms with van der Waals surface area (Å²) in [5.74, 6) is 0.111. The van der Waals surface area contributed by atoms with Gasteiger partial charge in [0.15, 0.2) is 21.3 Å². The number of aryl methyl sites for hydroxylation is 2. The summed E-state index contributed by atoms with van der Waals surface area (Å²) >= 11 is 0. The van der Waals surface area contributed by atoms with Crippen LogP contribution in [-0.2, 0) is 34.7 Å². The molecule has 3 saturated carbocycles. The highest BCUT2D eigenvalue weighted by molar-refractivity contribution is 7.97. The Bertz CT molecular complexity index is 1380. The van der Waals surface area contributed by atoms with E-state index in [1.165, 1.54) is 14.7 Å². The van der Waals surface area contributed by atoms with E-state index in [1.807, 2.05) is 26.0 Å². The van der Waals surface area contributed by atoms with E-state index in [9.17, 15) is 13.2 Å². The zero-order valence-electron chi connectivity index (χ0n) is 21.4. The molecule has 1 heterocycles. The fourth-order valence-corrected chi connectivity index (χ4v) is 10.5. The van der Waals surface area contributed by atoms with Crippen LogP contribution in [0.25, 0.3) is 0 Å². The van der Waals surface area contributed by atoms with Crippen LogP contribution in [0.3, 0.4) is 0 Å². The second-order valence-corrected chi connectivity index (χ2v) is 14.2. The summed E-state index contributed by atoms with van der Waals surface area (Å²) < 4.78 is 41.8. The van der Waals surface area contributed by atoms with Crippen molar-refractivity contribution in [1.82, 2.24) is 0 Å². The SMILES string of the molecule is Cc1cc([S+](c2ccccc2)c2ccccc2)cc(C)c1OCC(=O)OC1C2CCC3C1OS(=O)(=O)C3C2. The van der Waals surface area contributed by atoms with Crippen molar-refractivity contribution in [2.24, 2.45) is 11.8 Å². The molecule has 3 aliphatic carbocycles. The van der Waals surface area contributed by atoms with Crippen LogP contribution in [0.1, 0.15) is 30.4 Å². The van der Waals surface area contributed by atoms with Gasteiger partial charge in [-0.3, -0.25) is 4.18 Å². The lowest BCUT2D eigenvalue weighted by Crippen LogP contribution is -2.52. The Morgan fingerprint density at radius 3 is 2.13 bits per heavy atom. The number of hydrogen-bond acceptors (Lipinski definition) is 6. The lowest BCUT2D eigenvalue weighted by molar-refractivity contribution is -0.169. The number of fused-ring (bicyclic) bond motifs is 1. The molecule has 3 aromatic rings. The Labute approximate surface area is 226 Å². The molecule has 1 aliphatic heterocycles. The maximum Gasteiger partial charge on any atom is 0.344 e. The number of carbonyl (C=O) groups excluding carboxylic acids is 1. The number of carbonyl (C=O) groups is 1. The highest BCUT2D eigenvalue weighted by Gasteiger charge is 2.61. The number of ether oxygens (including phenoxy) is 2. The summed E-state index contributed by atoms with van der Waals surface area (Å²) in [7, 11) is -3.84. The molecular weight excluding hydrogens is 520 g/mol. The topological polar surface area (TPSA) is 78.9 Å². The molecule has 1 saturated heterocycles. The lowest BCUT2D eigenvalue weighted by atomic mass is 9.67. The minimum Gasteiger partial charge on any atom is -0.481 e. The van der Waals surface area contributed by atoms with Gasteiger partial charge in [-0.2, -0.15) is 8.42 Å². The number of rotatable bonds is 7. The van der Waals surface area contributed by atoms with E-state index < -0.39 is 33.5 Å². The average molecular weight is 552 g/mol. The normalized spacial score (nSPS) is 26.9. The van der Waals surface area contributed by atoms with Gasteiger partial charge in [0, 0.05) is 18.1 Å². The first kappa shape index (κ1) is 25.5. The van der Waals surface area contributed by atoms with Gasteiger partial charge in [0.1, 0.15) is 18.0 Å². The largest absolute Gasteiger partial charge is 0.481 e. The number of esters is 1. The van der Waals surface area contributed by atoms with Gasteiger partial charge in [0.2, 0.25) is 0 Å². The third kappa shape index (κ3) is 4.63. The smallest absolute Gasteiger partial charge is 0.344 e. The second-order valence-electron chi connectivity index (χ2n) is 10.4. The van der Waals surface area contributed by atoms with Crippen molar-refractivity contribution in [3.8, 4) is 5.75 Å². The molecule has 0 aromatic heterocycles. The van der Waals surface area contributed by atoms with Crippen molar-refractivity contribution in [1.29, 1.82) is 0 Å². The Kier molecular flexibility index (Phi) is 6.74. The van der Waals surface area contributed by atoms with Crippen LogP contribution in [0.15, 0.2) is 87.5 Å². The van der Waals surface area contributed by atoms with Gasteiger partial charge in [-0.1, -0.05) is 36.4 Å². The van der Waals surface area contributed by atoms with Gasteiger partial charge in [-0.05, 0) is 74.4 Å². The first-order chi connectivity index (χ1) is 18.3. The number of hydrogen-bond donors (Lipinski definition) is 0. The molecule has 5 unspecified atom stereocenters. The third-order valence-electron chi connectivity index (χ3n) is 7.94. The van der Waals surface area contributed by atoms with E-state index in [-0.39, 0.29) is 29.3 Å². The molecule has 4 fully saturated rings. The van der Waals surface area contributed by atoms with Gasteiger partial charge < -0.3 is 9.47 Å². The predicted octanol–water partition coefficient (Wildman–Crippen LogP) is 5.22. The molecule has 4 bridgehead atoms. The molecule has 38 heavy (non-hydrogen) atoms. The van der Waals surface area contributed by atoms with Crippen molar-refractivity contribution in [3.63, 3.8) is 0 Å². The van der Waals surface area contributed by atoms with Gasteiger partial charge in [0.05, 0.1) is 16.1 Å². The van der Waals surface area contributed by atoms with Crippen LogP contribution in [0.4, 0.5) is 0 Å². The molecular formula is C30H31O6S2+. The van der Waals surface area contributed by atoms with Crippen molar-refractivity contribution in [3.05, 3.63) is 83.9 Å². The van der Waals surface area contributed by atoms with Crippen LogP contribution in [0, 0.1) is 25.7 Å². The Balaban J connectivity index is 1.18. The minimum absolute atomic E-state index is 0.0212. The van der Waals surface area contributed by atoms with E-state index in [0.29, 0.717) is 12.2 Å². The van der Waals surface area contributed by atoms with Gasteiger partial charge in [-0.15, -0.1) is 0 Å². The molecule has 0 N–H and O–H groups in total. The Morgan fingerprint density at radius 2 is 1.53 bits per heavy atom. The molecule has 0 radical (unpaired) electrons. The quantitative estimate of drug-likeness (QED) is 0.228. The van der Waals surface area contributed by atoms with E-state index in [4.69, 9.17) is 13.7 Å². The Morgan fingerprint density at radius 1 is 0.921 bits per heavy atom. The summed E-state index contributed by atoms with van der Waals surface area (Å²) in [6.07, 6.45) is 1.09. The summed E-state index contributed by atoms with van der Waals surface area (Å²) in [5, 5.41) is -0.447. The van der Waals surface area contributed by atoms with Crippen LogP contribution >= 0.6 is 0 Å². The fourth-order valence-electron chi connectivity index (χ4n) is 6.31. The fraction of sp³-hybridized carbons (Fsp3) is 0.367. The molecule has 6 nitrogen and oxygen atoms in total. The van der Waals surface area contributed by atoms with Crippen molar-refractivity contribution >= 4 is 27.0 Å². The van der Waals surface area contributed by atoms with Crippen molar-refractivity contribution < 1.29 is 26.9 Å². The molecule has 0 amide bonds. The summed E-state index contributed by atoms with van der Waals surface area (Å²) in [6.45, 7) is 3.75. The Hall–Kier alpha value is -2.81. The van der Waals surface area contributed by atoms with Crippen LogP contribution in [-0.4, -0.2) is 38.5 Å². The molecule has 4 aliphatic rings. The van der Waals surface area contributed by atoms with E-state index in [0.717, 1.165) is 24.0 Å². The molecule has 198 valence electrons. The molecule has 0 spiro atoms. The predicted molar refractivity (Wildman–Crippen MR) is 145 cm³/mol. The third-order valence-corrected chi connectivity index (χ3v) is 11.9. The summed E-state index contributed by atoms with van der Waals surface area (Å²) in [5.41, 5.74) is 1.89. The molecule has 7 rings (SSSR count). The zero-order chi connectivity index (χ0) is 26.4. The second kappa shape index (κ2) is 10.1. The highest BCUT2D eigenvalue weighted by Crippen LogP contribution is 2.52. The van der Waals surface area contributed by atoms with Crippen molar-refractivity contribution in [2.75, 3.05) is 6.61 Å². The first-order valence-corrected chi connectivity index (χ1v) is 15.7. The first-order valence-electron chi connectivity index (χ1n) is 13.0. The highest BCUT2D eigenvalue weighted by atomic mass is 32.2. The number of benzene rings is 3. The van der Waals surface area contributed by atoms with Gasteiger partial charge >= 0.3 is 5.97 Å². The van der Waals surface area contributed by atoms with E-state index in [2.05, 4.69) is 60.7 Å². The molecule has 5 atom stereocenters. The minimum atomic E-state index is -3.56. The van der Waals surface area contributed by atoms with E-state index in [1.54, 1.807) is 0 Å². The maximum absolute atomic E-state index is 12.8. The summed E-state index contributed by atoms with van der Waals surface area (Å²) in [6, 6.07) is 25.2. The van der Waals surface area contributed by atoms with Gasteiger partial charge in [0.25, 0.3) is 10.1 Å². The van der Waals surface area contributed by atoms with Crippen LogP contribution in [0.2, 0.25) is 0 Å². The standard InChI is InChI=1S/C30H31O6S2/c1-19-15-24(37(22-9-5-3-6-10-22)23-11-7-4-8-12-23)16-20(2)28(19)34-18-27(31)35-29-21-13-14-25-26(17-21)38(32,33)36-30(25)29/h3-12,15-16,21,25-26,29-30H,13-14,17-18H2,1-2H3/q+1. The van der Waals surface area contributed by atoms with Crippen LogP contribution in [0.5, 0.6) is 5.75 Å². The van der Waals surface area contributed by atoms with Crippen LogP contribution < -0.4 is 4.74 Å². The molecule has 3 aromatic carbocycles. The van der Waals surface area contributed by atoms with Crippen molar-refractivity contribution in [2.45, 2.75) is 65.3 Å². The molecule has 8 heteroatoms. The zero-order valence-corrected chi connectivity index (χ0v) is 23.0. The van der Waals surface area contributed by atoms with E-state index >= 15 is 0 Å². The average Bonchev–Trinajstić information content (AvgIpc) is 3.13. The lowest BCUT2D eigenvalue weighted by Gasteiger charge is -2.43. The van der Waals surface area contributed by atoms with Gasteiger partial charge in [-0.25, -0.2) is 4.79 Å².